The Bertz CT molecular complexity index is 181. The molecule has 0 saturated carbocycles. The lowest BCUT2D eigenvalue weighted by molar-refractivity contribution is 0.0780. The highest BCUT2D eigenvalue weighted by atomic mass is 16.5. The minimum atomic E-state index is 0.338. The first-order valence-electron chi connectivity index (χ1n) is 6.83. The third-order valence-electron chi connectivity index (χ3n) is 3.57. The van der Waals surface area contributed by atoms with E-state index in [4.69, 9.17) is 10.5 Å². The summed E-state index contributed by atoms with van der Waals surface area (Å²) in [6.45, 7) is 12.1. The van der Waals surface area contributed by atoms with Gasteiger partial charge in [-0.05, 0) is 38.9 Å². The number of ether oxygens (including phenoxy) is 1. The number of nitrogens with two attached hydrogens (primary N) is 1. The van der Waals surface area contributed by atoms with E-state index in [9.17, 15) is 0 Å². The summed E-state index contributed by atoms with van der Waals surface area (Å²) in [5.74, 6) is 0.611. The molecule has 1 rings (SSSR count). The van der Waals surface area contributed by atoms with Crippen molar-refractivity contribution in [3.05, 3.63) is 0 Å². The Morgan fingerprint density at radius 3 is 2.18 bits per heavy atom. The van der Waals surface area contributed by atoms with Gasteiger partial charge in [0.05, 0.1) is 6.10 Å². The van der Waals surface area contributed by atoms with Crippen LogP contribution in [-0.2, 0) is 4.74 Å². The first kappa shape index (κ1) is 14.9. The van der Waals surface area contributed by atoms with E-state index in [2.05, 4.69) is 23.6 Å². The molecule has 4 nitrogen and oxygen atoms in total. The van der Waals surface area contributed by atoms with Crippen molar-refractivity contribution in [2.24, 2.45) is 11.7 Å². The zero-order chi connectivity index (χ0) is 12.7. The van der Waals surface area contributed by atoms with E-state index < -0.39 is 0 Å². The van der Waals surface area contributed by atoms with E-state index in [1.54, 1.807) is 7.11 Å². The Kier molecular flexibility index (Phi) is 7.04. The molecule has 0 bridgehead atoms. The molecule has 17 heavy (non-hydrogen) atoms. The smallest absolute Gasteiger partial charge is 0.0670 e. The third kappa shape index (κ3) is 5.82. The van der Waals surface area contributed by atoms with Crippen molar-refractivity contribution in [1.29, 1.82) is 0 Å². The molecule has 0 aromatic rings. The zero-order valence-corrected chi connectivity index (χ0v) is 11.7. The molecule has 0 amide bonds. The molecule has 1 aliphatic heterocycles. The fourth-order valence-corrected chi connectivity index (χ4v) is 2.34. The van der Waals surface area contributed by atoms with Gasteiger partial charge in [0.2, 0.25) is 0 Å². The van der Waals surface area contributed by atoms with Crippen molar-refractivity contribution in [1.82, 2.24) is 9.80 Å². The average Bonchev–Trinajstić information content (AvgIpc) is 2.54. The molecule has 1 heterocycles. The van der Waals surface area contributed by atoms with E-state index in [0.29, 0.717) is 12.0 Å². The van der Waals surface area contributed by atoms with Gasteiger partial charge in [-0.3, -0.25) is 4.90 Å². The summed E-state index contributed by atoms with van der Waals surface area (Å²) in [6.07, 6.45) is 1.60. The fourth-order valence-electron chi connectivity index (χ4n) is 2.34. The Morgan fingerprint density at radius 2 is 1.65 bits per heavy atom. The second-order valence-electron chi connectivity index (χ2n) is 5.34. The molecular formula is C13H29N3O. The SMILES string of the molecule is COC(C)CN1CCCN(CC(C)CN)CC1. The monoisotopic (exact) mass is 243 g/mol. The lowest BCUT2D eigenvalue weighted by Crippen LogP contribution is -2.37. The number of nitrogens with zero attached hydrogens (tertiary/aromatic N) is 2. The predicted molar refractivity (Wildman–Crippen MR) is 72.2 cm³/mol. The lowest BCUT2D eigenvalue weighted by atomic mass is 10.1. The van der Waals surface area contributed by atoms with E-state index in [1.807, 2.05) is 0 Å². The van der Waals surface area contributed by atoms with Crippen LogP contribution in [0.5, 0.6) is 0 Å². The molecule has 2 unspecified atom stereocenters. The highest BCUT2D eigenvalue weighted by Gasteiger charge is 2.17. The van der Waals surface area contributed by atoms with Gasteiger partial charge in [-0.25, -0.2) is 0 Å². The summed E-state index contributed by atoms with van der Waals surface area (Å²) in [4.78, 5) is 5.07. The standard InChI is InChI=1S/C13H29N3O/c1-12(9-14)10-15-5-4-6-16(8-7-15)11-13(2)17-3/h12-13H,4-11,14H2,1-3H3. The van der Waals surface area contributed by atoms with Gasteiger partial charge in [0.15, 0.2) is 0 Å². The minimum absolute atomic E-state index is 0.338. The molecule has 1 fully saturated rings. The van der Waals surface area contributed by atoms with Gasteiger partial charge in [0.1, 0.15) is 0 Å². The number of hydrogen-bond donors (Lipinski definition) is 1. The maximum absolute atomic E-state index is 5.69. The molecule has 0 aliphatic carbocycles. The fraction of sp³-hybridized carbons (Fsp3) is 1.00. The largest absolute Gasteiger partial charge is 0.380 e. The zero-order valence-electron chi connectivity index (χ0n) is 11.7. The molecule has 0 radical (unpaired) electrons. The third-order valence-corrected chi connectivity index (χ3v) is 3.57. The van der Waals surface area contributed by atoms with Crippen LogP contribution in [0.4, 0.5) is 0 Å². The van der Waals surface area contributed by atoms with E-state index in [-0.39, 0.29) is 0 Å². The Labute approximate surface area is 106 Å². The molecule has 4 heteroatoms. The Balaban J connectivity index is 2.29. The second-order valence-corrected chi connectivity index (χ2v) is 5.34. The summed E-state index contributed by atoms with van der Waals surface area (Å²) in [6, 6.07) is 0. The molecule has 0 spiro atoms. The van der Waals surface area contributed by atoms with E-state index >= 15 is 0 Å². The molecule has 1 aliphatic rings. The summed E-state index contributed by atoms with van der Waals surface area (Å²) in [7, 11) is 1.79. The summed E-state index contributed by atoms with van der Waals surface area (Å²) in [5, 5.41) is 0. The van der Waals surface area contributed by atoms with Crippen LogP contribution >= 0.6 is 0 Å². The molecular weight excluding hydrogens is 214 g/mol. The van der Waals surface area contributed by atoms with Gasteiger partial charge < -0.3 is 15.4 Å². The van der Waals surface area contributed by atoms with Crippen molar-refractivity contribution in [3.8, 4) is 0 Å². The topological polar surface area (TPSA) is 41.7 Å². The van der Waals surface area contributed by atoms with Crippen LogP contribution in [0.25, 0.3) is 0 Å². The average molecular weight is 243 g/mol. The highest BCUT2D eigenvalue weighted by Crippen LogP contribution is 2.07. The van der Waals surface area contributed by atoms with Gasteiger partial charge in [0.25, 0.3) is 0 Å². The molecule has 2 atom stereocenters. The first-order valence-corrected chi connectivity index (χ1v) is 6.83. The molecule has 1 saturated heterocycles. The van der Waals surface area contributed by atoms with Crippen LogP contribution < -0.4 is 5.73 Å². The lowest BCUT2D eigenvalue weighted by Gasteiger charge is -2.25. The number of hydrogen-bond acceptors (Lipinski definition) is 4. The van der Waals surface area contributed by atoms with Gasteiger partial charge >= 0.3 is 0 Å². The van der Waals surface area contributed by atoms with E-state index in [1.165, 1.54) is 26.1 Å². The van der Waals surface area contributed by atoms with Crippen molar-refractivity contribution in [3.63, 3.8) is 0 Å². The number of rotatable bonds is 6. The molecule has 0 aromatic heterocycles. The molecule has 0 aromatic carbocycles. The predicted octanol–water partition coefficient (Wildman–Crippen LogP) is 0.624. The van der Waals surface area contributed by atoms with Crippen LogP contribution in [0.2, 0.25) is 0 Å². The van der Waals surface area contributed by atoms with Crippen molar-refractivity contribution < 1.29 is 4.74 Å². The van der Waals surface area contributed by atoms with Crippen LogP contribution in [-0.4, -0.2) is 68.8 Å². The van der Waals surface area contributed by atoms with Gasteiger partial charge in [-0.15, -0.1) is 0 Å². The van der Waals surface area contributed by atoms with Crippen LogP contribution in [0.15, 0.2) is 0 Å². The summed E-state index contributed by atoms with van der Waals surface area (Å²) in [5.41, 5.74) is 5.69. The van der Waals surface area contributed by atoms with Crippen LogP contribution in [0, 0.1) is 5.92 Å². The minimum Gasteiger partial charge on any atom is -0.380 e. The van der Waals surface area contributed by atoms with Crippen molar-refractivity contribution >= 4 is 0 Å². The maximum atomic E-state index is 5.69. The Morgan fingerprint density at radius 1 is 1.06 bits per heavy atom. The molecule has 102 valence electrons. The van der Waals surface area contributed by atoms with E-state index in [0.717, 1.165) is 26.2 Å². The summed E-state index contributed by atoms with van der Waals surface area (Å²) >= 11 is 0. The van der Waals surface area contributed by atoms with Crippen molar-refractivity contribution in [2.75, 3.05) is 52.9 Å². The summed E-state index contributed by atoms with van der Waals surface area (Å²) < 4.78 is 5.33. The molecule has 2 N–H and O–H groups in total. The number of methoxy groups -OCH3 is 1. The Hall–Kier alpha value is -0.160. The quantitative estimate of drug-likeness (QED) is 0.743. The van der Waals surface area contributed by atoms with Gasteiger partial charge in [0, 0.05) is 33.3 Å². The van der Waals surface area contributed by atoms with Crippen LogP contribution in [0.1, 0.15) is 20.3 Å². The first-order chi connectivity index (χ1) is 8.15. The maximum Gasteiger partial charge on any atom is 0.0670 e. The van der Waals surface area contributed by atoms with Crippen molar-refractivity contribution in [2.45, 2.75) is 26.4 Å². The van der Waals surface area contributed by atoms with Gasteiger partial charge in [-0.2, -0.15) is 0 Å². The van der Waals surface area contributed by atoms with Gasteiger partial charge in [-0.1, -0.05) is 6.92 Å². The normalized spacial score (nSPS) is 23.3. The van der Waals surface area contributed by atoms with Crippen LogP contribution in [0.3, 0.4) is 0 Å². The highest BCUT2D eigenvalue weighted by molar-refractivity contribution is 4.72. The second kappa shape index (κ2) is 8.03.